The maximum Gasteiger partial charge on any atom is 0.417 e. The first kappa shape index (κ1) is 23.6. The molecule has 1 N–H and O–H groups in total. The fourth-order valence-corrected chi connectivity index (χ4v) is 4.41. The van der Waals surface area contributed by atoms with E-state index in [1.807, 2.05) is 0 Å². The summed E-state index contributed by atoms with van der Waals surface area (Å²) in [5.41, 5.74) is -1.81. The summed E-state index contributed by atoms with van der Waals surface area (Å²) in [6, 6.07) is 3.04. The second-order valence-electron chi connectivity index (χ2n) is 6.72. The molecule has 1 aromatic carbocycles. The molecule has 1 atom stereocenters. The van der Waals surface area contributed by atoms with Crippen LogP contribution in [0.5, 0.6) is 0 Å². The smallest absolute Gasteiger partial charge is 0.377 e. The van der Waals surface area contributed by atoms with Gasteiger partial charge < -0.3 is 9.64 Å². The number of morpholine rings is 1. The average molecular weight is 498 g/mol. The summed E-state index contributed by atoms with van der Waals surface area (Å²) in [7, 11) is -4.53. The van der Waals surface area contributed by atoms with Crippen LogP contribution >= 0.6 is 23.2 Å². The van der Waals surface area contributed by atoms with Gasteiger partial charge in [0.2, 0.25) is 0 Å². The van der Waals surface area contributed by atoms with Gasteiger partial charge in [-0.3, -0.25) is 9.52 Å². The van der Waals surface area contributed by atoms with Crippen LogP contribution in [0.4, 0.5) is 18.9 Å². The lowest BCUT2D eigenvalue weighted by Gasteiger charge is -2.33. The number of nitrogens with zero attached hydrogens (tertiary/aromatic N) is 2. The second kappa shape index (κ2) is 8.81. The van der Waals surface area contributed by atoms with E-state index < -0.39 is 37.6 Å². The van der Waals surface area contributed by atoms with Crippen molar-refractivity contribution < 1.29 is 31.1 Å². The van der Waals surface area contributed by atoms with Gasteiger partial charge in [-0.15, -0.1) is 0 Å². The number of pyridine rings is 1. The van der Waals surface area contributed by atoms with E-state index in [1.165, 1.54) is 11.1 Å². The van der Waals surface area contributed by atoms with Gasteiger partial charge in [0.1, 0.15) is 0 Å². The molecule has 168 valence electrons. The Morgan fingerprint density at radius 3 is 2.65 bits per heavy atom. The molecular weight excluding hydrogens is 482 g/mol. The number of nitrogens with one attached hydrogen (secondary N) is 1. The number of anilines is 1. The van der Waals surface area contributed by atoms with Gasteiger partial charge in [0, 0.05) is 12.7 Å². The van der Waals surface area contributed by atoms with E-state index in [-0.39, 0.29) is 29.0 Å². The number of halogens is 5. The summed E-state index contributed by atoms with van der Waals surface area (Å²) >= 11 is 11.5. The van der Waals surface area contributed by atoms with E-state index in [0.717, 1.165) is 18.2 Å². The zero-order valence-corrected chi connectivity index (χ0v) is 18.2. The van der Waals surface area contributed by atoms with Crippen LogP contribution in [0.15, 0.2) is 35.4 Å². The van der Waals surface area contributed by atoms with Crippen LogP contribution in [-0.4, -0.2) is 50.0 Å². The Bertz CT molecular complexity index is 1110. The third-order valence-corrected chi connectivity index (χ3v) is 6.38. The molecule has 1 fully saturated rings. The second-order valence-corrected chi connectivity index (χ2v) is 9.24. The highest BCUT2D eigenvalue weighted by molar-refractivity contribution is 7.92. The van der Waals surface area contributed by atoms with Crippen molar-refractivity contribution in [3.05, 3.63) is 51.8 Å². The molecule has 1 aromatic heterocycles. The molecule has 1 amide bonds. The van der Waals surface area contributed by atoms with Crippen molar-refractivity contribution >= 4 is 44.8 Å². The van der Waals surface area contributed by atoms with Crippen molar-refractivity contribution in [3.8, 4) is 0 Å². The quantitative estimate of drug-likeness (QED) is 0.687. The SMILES string of the molecule is C[C@@H]1COCCN1C(=O)c1ncc(Cl)cc1NS(=O)(=O)c1ccc(Cl)c(C(F)(F)F)c1. The number of ether oxygens (including phenoxy) is 1. The Labute approximate surface area is 186 Å². The molecule has 1 saturated heterocycles. The molecule has 1 aliphatic heterocycles. The van der Waals surface area contributed by atoms with Gasteiger partial charge in [-0.05, 0) is 31.2 Å². The summed E-state index contributed by atoms with van der Waals surface area (Å²) in [5, 5.41) is -0.621. The minimum Gasteiger partial charge on any atom is -0.377 e. The summed E-state index contributed by atoms with van der Waals surface area (Å²) in [6.07, 6.45) is -3.68. The zero-order chi connectivity index (χ0) is 23.0. The number of carbonyl (C=O) groups is 1. The Hall–Kier alpha value is -2.08. The van der Waals surface area contributed by atoms with Gasteiger partial charge in [0.15, 0.2) is 5.69 Å². The minimum absolute atomic E-state index is 0.0244. The van der Waals surface area contributed by atoms with Gasteiger partial charge >= 0.3 is 6.18 Å². The maximum absolute atomic E-state index is 13.1. The first-order chi connectivity index (χ1) is 14.4. The number of amides is 1. The minimum atomic E-state index is -4.85. The number of carbonyl (C=O) groups excluding carboxylic acids is 1. The van der Waals surface area contributed by atoms with Crippen LogP contribution in [0.25, 0.3) is 0 Å². The molecule has 0 bridgehead atoms. The number of alkyl halides is 3. The van der Waals surface area contributed by atoms with Crippen LogP contribution in [0, 0.1) is 0 Å². The number of rotatable bonds is 4. The predicted octanol–water partition coefficient (Wildman–Crippen LogP) is 4.07. The Morgan fingerprint density at radius 2 is 2.00 bits per heavy atom. The van der Waals surface area contributed by atoms with E-state index >= 15 is 0 Å². The number of benzene rings is 1. The van der Waals surface area contributed by atoms with Crippen molar-refractivity contribution in [2.75, 3.05) is 24.5 Å². The molecule has 0 aliphatic carbocycles. The molecule has 2 heterocycles. The largest absolute Gasteiger partial charge is 0.417 e. The van der Waals surface area contributed by atoms with Crippen LogP contribution in [-0.2, 0) is 20.9 Å². The summed E-state index contributed by atoms with van der Waals surface area (Å²) in [4.78, 5) is 17.7. The first-order valence-corrected chi connectivity index (χ1v) is 11.1. The van der Waals surface area contributed by atoms with Crippen LogP contribution < -0.4 is 4.72 Å². The van der Waals surface area contributed by atoms with Gasteiger partial charge in [0.05, 0.1) is 45.4 Å². The van der Waals surface area contributed by atoms with Crippen LogP contribution in [0.1, 0.15) is 23.0 Å². The molecule has 3 rings (SSSR count). The molecule has 0 unspecified atom stereocenters. The van der Waals surface area contributed by atoms with Crippen molar-refractivity contribution in [3.63, 3.8) is 0 Å². The van der Waals surface area contributed by atoms with E-state index in [0.29, 0.717) is 19.3 Å². The number of hydrogen-bond donors (Lipinski definition) is 1. The fraction of sp³-hybridized carbons (Fsp3) is 0.333. The summed E-state index contributed by atoms with van der Waals surface area (Å²) in [6.45, 7) is 2.62. The van der Waals surface area contributed by atoms with Crippen molar-refractivity contribution in [1.82, 2.24) is 9.88 Å². The number of sulfonamides is 1. The Morgan fingerprint density at radius 1 is 1.29 bits per heavy atom. The van der Waals surface area contributed by atoms with E-state index in [2.05, 4.69) is 9.71 Å². The summed E-state index contributed by atoms with van der Waals surface area (Å²) in [5.74, 6) is -0.572. The predicted molar refractivity (Wildman–Crippen MR) is 108 cm³/mol. The van der Waals surface area contributed by atoms with E-state index in [4.69, 9.17) is 27.9 Å². The van der Waals surface area contributed by atoms with Crippen LogP contribution in [0.3, 0.4) is 0 Å². The Balaban J connectivity index is 1.99. The molecule has 1 aliphatic rings. The lowest BCUT2D eigenvalue weighted by atomic mass is 10.2. The molecule has 7 nitrogen and oxygen atoms in total. The highest BCUT2D eigenvalue weighted by Gasteiger charge is 2.35. The number of aromatic nitrogens is 1. The topological polar surface area (TPSA) is 88.6 Å². The highest BCUT2D eigenvalue weighted by atomic mass is 35.5. The average Bonchev–Trinajstić information content (AvgIpc) is 2.67. The monoisotopic (exact) mass is 497 g/mol. The third kappa shape index (κ3) is 5.22. The Kier molecular flexibility index (Phi) is 6.70. The molecule has 2 aromatic rings. The van der Waals surface area contributed by atoms with Gasteiger partial charge in [-0.25, -0.2) is 13.4 Å². The third-order valence-electron chi connectivity index (χ3n) is 4.48. The standard InChI is InChI=1S/C18H16Cl2F3N3O4S/c1-10-9-30-5-4-26(10)17(27)16-15(6-11(19)8-24-16)25-31(28,29)12-2-3-14(20)13(7-12)18(21,22)23/h2-3,6-8,10,25H,4-5,9H2,1H3/t10-/m1/s1. The van der Waals surface area contributed by atoms with Crippen molar-refractivity contribution in [2.24, 2.45) is 0 Å². The normalized spacial score (nSPS) is 17.5. The van der Waals surface area contributed by atoms with E-state index in [1.54, 1.807) is 6.92 Å². The van der Waals surface area contributed by atoms with Crippen molar-refractivity contribution in [2.45, 2.75) is 24.0 Å². The van der Waals surface area contributed by atoms with Gasteiger partial charge in [0.25, 0.3) is 15.9 Å². The molecule has 13 heteroatoms. The highest BCUT2D eigenvalue weighted by Crippen LogP contribution is 2.36. The molecule has 0 saturated carbocycles. The first-order valence-electron chi connectivity index (χ1n) is 8.84. The lowest BCUT2D eigenvalue weighted by Crippen LogP contribution is -2.47. The van der Waals surface area contributed by atoms with Gasteiger partial charge in [-0.1, -0.05) is 23.2 Å². The maximum atomic E-state index is 13.1. The molecule has 0 radical (unpaired) electrons. The molecule has 0 spiro atoms. The zero-order valence-electron chi connectivity index (χ0n) is 15.9. The van der Waals surface area contributed by atoms with Gasteiger partial charge in [-0.2, -0.15) is 13.2 Å². The summed E-state index contributed by atoms with van der Waals surface area (Å²) < 4.78 is 72.3. The lowest BCUT2D eigenvalue weighted by molar-refractivity contribution is -0.137. The van der Waals surface area contributed by atoms with Crippen molar-refractivity contribution in [1.29, 1.82) is 0 Å². The molecular formula is C18H16Cl2F3N3O4S. The van der Waals surface area contributed by atoms with Crippen LogP contribution in [0.2, 0.25) is 10.0 Å². The fourth-order valence-electron chi connectivity index (χ4n) is 2.94. The number of hydrogen-bond acceptors (Lipinski definition) is 5. The molecule has 31 heavy (non-hydrogen) atoms. The van der Waals surface area contributed by atoms with E-state index in [9.17, 15) is 26.4 Å².